The molecule has 29 heavy (non-hydrogen) atoms. The molecule has 1 aliphatic heterocycles. The van der Waals surface area contributed by atoms with E-state index < -0.39 is 5.92 Å². The minimum atomic E-state index is -0.453. The van der Waals surface area contributed by atoms with Crippen LogP contribution in [-0.4, -0.2) is 53.1 Å². The Labute approximate surface area is 176 Å². The summed E-state index contributed by atoms with van der Waals surface area (Å²) in [6.07, 6.45) is 4.11. The summed E-state index contributed by atoms with van der Waals surface area (Å²) in [4.78, 5) is 24.8. The number of nitrogens with one attached hydrogen (secondary N) is 2. The first-order valence-electron chi connectivity index (χ1n) is 9.78. The molecule has 1 aromatic carbocycles. The molecule has 2 N–H and O–H groups in total. The first-order chi connectivity index (χ1) is 13.7. The normalized spacial score (nSPS) is 15.2. The van der Waals surface area contributed by atoms with Gasteiger partial charge in [-0.2, -0.15) is 0 Å². The van der Waals surface area contributed by atoms with Gasteiger partial charge in [0.1, 0.15) is 0 Å². The minimum absolute atomic E-state index is 0. The summed E-state index contributed by atoms with van der Waals surface area (Å²) in [6.45, 7) is 4.14. The summed E-state index contributed by atoms with van der Waals surface area (Å²) < 4.78 is 6.94. The molecule has 1 atom stereocenters. The van der Waals surface area contributed by atoms with Crippen LogP contribution in [0.4, 0.5) is 0 Å². The number of benzene rings is 1. The number of esters is 1. The van der Waals surface area contributed by atoms with Crippen LogP contribution in [0.5, 0.6) is 0 Å². The molecule has 0 bridgehead atoms. The van der Waals surface area contributed by atoms with Crippen molar-refractivity contribution in [3.05, 3.63) is 47.8 Å². The number of amides is 1. The number of nitrogens with zero attached hydrogens (tertiary/aromatic N) is 3. The lowest BCUT2D eigenvalue weighted by atomic mass is 9.99. The van der Waals surface area contributed by atoms with Crippen molar-refractivity contribution in [1.82, 2.24) is 25.6 Å². The summed E-state index contributed by atoms with van der Waals surface area (Å²) in [5.74, 6) is -1.10. The standard InChI is InChI=1S/C20H27N5O3.ClH/c1-2-28-20(27)16(12-15-6-4-3-5-7-15)13-22-19(26)18-14-25(24-23-18)17-8-10-21-11-9-17;/h3-7,14,16-17,21H,2,8-13H2,1H3,(H,22,26);1H. The number of ether oxygens (including phenoxy) is 1. The van der Waals surface area contributed by atoms with Crippen molar-refractivity contribution in [2.75, 3.05) is 26.2 Å². The lowest BCUT2D eigenvalue weighted by Crippen LogP contribution is -2.35. The number of rotatable bonds is 8. The van der Waals surface area contributed by atoms with Crippen LogP contribution in [0.15, 0.2) is 36.5 Å². The van der Waals surface area contributed by atoms with E-state index in [4.69, 9.17) is 4.74 Å². The van der Waals surface area contributed by atoms with Crippen molar-refractivity contribution in [3.8, 4) is 0 Å². The van der Waals surface area contributed by atoms with Crippen molar-refractivity contribution >= 4 is 24.3 Å². The lowest BCUT2D eigenvalue weighted by Gasteiger charge is -2.22. The molecule has 0 radical (unpaired) electrons. The number of piperidine rings is 1. The van der Waals surface area contributed by atoms with Gasteiger partial charge in [0, 0.05) is 6.54 Å². The number of carbonyl (C=O) groups excluding carboxylic acids is 2. The maximum absolute atomic E-state index is 12.5. The molecule has 1 aliphatic rings. The number of hydrogen-bond donors (Lipinski definition) is 2. The minimum Gasteiger partial charge on any atom is -0.466 e. The van der Waals surface area contributed by atoms with Crippen LogP contribution in [0.1, 0.15) is 41.9 Å². The fraction of sp³-hybridized carbons (Fsp3) is 0.500. The Hall–Kier alpha value is -2.45. The summed E-state index contributed by atoms with van der Waals surface area (Å²) in [5.41, 5.74) is 1.28. The van der Waals surface area contributed by atoms with E-state index in [0.29, 0.717) is 13.0 Å². The van der Waals surface area contributed by atoms with E-state index in [1.54, 1.807) is 17.8 Å². The Morgan fingerprint density at radius 1 is 1.28 bits per heavy atom. The third-order valence-corrected chi connectivity index (χ3v) is 4.88. The molecule has 0 saturated carbocycles. The second kappa shape index (κ2) is 11.5. The molecule has 1 fully saturated rings. The molecule has 2 aromatic rings. The first kappa shape index (κ1) is 22.8. The Morgan fingerprint density at radius 3 is 2.69 bits per heavy atom. The topological polar surface area (TPSA) is 98.1 Å². The van der Waals surface area contributed by atoms with Crippen molar-refractivity contribution in [3.63, 3.8) is 0 Å². The molecule has 9 heteroatoms. The molecular formula is C20H28ClN5O3. The monoisotopic (exact) mass is 421 g/mol. The van der Waals surface area contributed by atoms with Gasteiger partial charge >= 0.3 is 5.97 Å². The van der Waals surface area contributed by atoms with Gasteiger partial charge in [-0.15, -0.1) is 17.5 Å². The van der Waals surface area contributed by atoms with Gasteiger partial charge in [-0.1, -0.05) is 35.5 Å². The smallest absolute Gasteiger partial charge is 0.311 e. The van der Waals surface area contributed by atoms with Gasteiger partial charge < -0.3 is 15.4 Å². The maximum Gasteiger partial charge on any atom is 0.311 e. The zero-order valence-electron chi connectivity index (χ0n) is 16.5. The van der Waals surface area contributed by atoms with Crippen LogP contribution < -0.4 is 10.6 Å². The van der Waals surface area contributed by atoms with Gasteiger partial charge in [0.25, 0.3) is 5.91 Å². The number of hydrogen-bond acceptors (Lipinski definition) is 6. The van der Waals surface area contributed by atoms with E-state index in [1.807, 2.05) is 30.3 Å². The van der Waals surface area contributed by atoms with Crippen molar-refractivity contribution in [1.29, 1.82) is 0 Å². The third kappa shape index (κ3) is 6.54. The quantitative estimate of drug-likeness (QED) is 0.630. The molecule has 3 rings (SSSR count). The van der Waals surface area contributed by atoms with Gasteiger partial charge in [-0.3, -0.25) is 9.59 Å². The first-order valence-corrected chi connectivity index (χ1v) is 9.78. The zero-order valence-corrected chi connectivity index (χ0v) is 17.4. The zero-order chi connectivity index (χ0) is 19.8. The van der Waals surface area contributed by atoms with E-state index in [2.05, 4.69) is 20.9 Å². The van der Waals surface area contributed by atoms with Crippen LogP contribution in [0.3, 0.4) is 0 Å². The molecule has 1 aromatic heterocycles. The van der Waals surface area contributed by atoms with Crippen LogP contribution in [0, 0.1) is 5.92 Å². The fourth-order valence-electron chi connectivity index (χ4n) is 3.33. The van der Waals surface area contributed by atoms with Gasteiger partial charge in [-0.25, -0.2) is 4.68 Å². The molecule has 0 spiro atoms. The highest BCUT2D eigenvalue weighted by Gasteiger charge is 2.23. The predicted molar refractivity (Wildman–Crippen MR) is 111 cm³/mol. The van der Waals surface area contributed by atoms with Gasteiger partial charge in [-0.05, 0) is 44.8 Å². The molecule has 0 aliphatic carbocycles. The second-order valence-corrected chi connectivity index (χ2v) is 6.91. The summed E-state index contributed by atoms with van der Waals surface area (Å²) in [7, 11) is 0. The second-order valence-electron chi connectivity index (χ2n) is 6.91. The average Bonchev–Trinajstić information content (AvgIpc) is 3.23. The van der Waals surface area contributed by atoms with Gasteiger partial charge in [0.05, 0.1) is 24.8 Å². The van der Waals surface area contributed by atoms with Crippen molar-refractivity contribution < 1.29 is 14.3 Å². The molecule has 8 nitrogen and oxygen atoms in total. The van der Waals surface area contributed by atoms with E-state index in [-0.39, 0.29) is 42.6 Å². The summed E-state index contributed by atoms with van der Waals surface area (Å²) >= 11 is 0. The highest BCUT2D eigenvalue weighted by Crippen LogP contribution is 2.17. The Bertz CT molecular complexity index is 777. The third-order valence-electron chi connectivity index (χ3n) is 4.88. The van der Waals surface area contributed by atoms with Crippen molar-refractivity contribution in [2.45, 2.75) is 32.2 Å². The van der Waals surface area contributed by atoms with Crippen LogP contribution in [0.25, 0.3) is 0 Å². The molecule has 2 heterocycles. The largest absolute Gasteiger partial charge is 0.466 e. The predicted octanol–water partition coefficient (Wildman–Crippen LogP) is 1.78. The number of aromatic nitrogens is 3. The molecule has 158 valence electrons. The van der Waals surface area contributed by atoms with Crippen LogP contribution in [0.2, 0.25) is 0 Å². The maximum atomic E-state index is 12.5. The number of halogens is 1. The number of carbonyl (C=O) groups is 2. The van der Waals surface area contributed by atoms with E-state index in [0.717, 1.165) is 31.5 Å². The fourth-order valence-corrected chi connectivity index (χ4v) is 3.33. The average molecular weight is 422 g/mol. The van der Waals surface area contributed by atoms with Crippen molar-refractivity contribution in [2.24, 2.45) is 5.92 Å². The summed E-state index contributed by atoms with van der Waals surface area (Å²) in [6, 6.07) is 9.96. The molecule has 1 saturated heterocycles. The van der Waals surface area contributed by atoms with E-state index in [1.165, 1.54) is 0 Å². The molecule has 1 unspecified atom stereocenters. The molecular weight excluding hydrogens is 394 g/mol. The summed E-state index contributed by atoms with van der Waals surface area (Å²) in [5, 5.41) is 14.2. The SMILES string of the molecule is CCOC(=O)C(CNC(=O)c1cn(C2CCNCC2)nn1)Cc1ccccc1.Cl. The highest BCUT2D eigenvalue weighted by molar-refractivity contribution is 5.92. The van der Waals surface area contributed by atoms with Gasteiger partial charge in [0.2, 0.25) is 0 Å². The van der Waals surface area contributed by atoms with Gasteiger partial charge in [0.15, 0.2) is 5.69 Å². The Morgan fingerprint density at radius 2 is 2.00 bits per heavy atom. The van der Waals surface area contributed by atoms with E-state index in [9.17, 15) is 9.59 Å². The molecule has 1 amide bonds. The lowest BCUT2D eigenvalue weighted by molar-refractivity contribution is -0.147. The highest BCUT2D eigenvalue weighted by atomic mass is 35.5. The van der Waals surface area contributed by atoms with E-state index >= 15 is 0 Å². The Balaban J connectivity index is 0.00000300. The Kier molecular flexibility index (Phi) is 9.08. The van der Waals surface area contributed by atoms with Crippen LogP contribution >= 0.6 is 12.4 Å². The van der Waals surface area contributed by atoms with Crippen LogP contribution in [-0.2, 0) is 16.0 Å².